The summed E-state index contributed by atoms with van der Waals surface area (Å²) in [5, 5.41) is 13.4. The van der Waals surface area contributed by atoms with Crippen LogP contribution in [0.25, 0.3) is 0 Å². The van der Waals surface area contributed by atoms with Gasteiger partial charge in [0.1, 0.15) is 5.69 Å². The number of nitro benzene ring substituents is 1. The molecule has 124 valence electrons. The van der Waals surface area contributed by atoms with Crippen LogP contribution in [-0.4, -0.2) is 23.4 Å². The molecule has 0 aliphatic rings. The number of esters is 1. The zero-order chi connectivity index (χ0) is 17.7. The van der Waals surface area contributed by atoms with Crippen molar-refractivity contribution in [2.24, 2.45) is 0 Å². The molecule has 24 heavy (non-hydrogen) atoms. The fraction of sp³-hybridized carbons (Fsp3) is 0.0667. The molecule has 0 fully saturated rings. The molecular formula is C15H10BrClN2O5. The first-order valence-electron chi connectivity index (χ1n) is 6.53. The molecule has 0 unspecified atom stereocenters. The minimum atomic E-state index is -0.717. The minimum absolute atomic E-state index is 0.0720. The molecule has 0 aliphatic heterocycles. The molecule has 0 atom stereocenters. The van der Waals surface area contributed by atoms with E-state index in [2.05, 4.69) is 21.2 Å². The lowest BCUT2D eigenvalue weighted by Gasteiger charge is -2.07. The van der Waals surface area contributed by atoms with Crippen LogP contribution in [0, 0.1) is 10.1 Å². The second-order valence-corrected chi connectivity index (χ2v) is 5.90. The zero-order valence-corrected chi connectivity index (χ0v) is 14.3. The number of carbonyl (C=O) groups is 2. The van der Waals surface area contributed by atoms with E-state index >= 15 is 0 Å². The fourth-order valence-corrected chi connectivity index (χ4v) is 2.19. The van der Waals surface area contributed by atoms with Gasteiger partial charge in [0.15, 0.2) is 6.61 Å². The van der Waals surface area contributed by atoms with Crippen LogP contribution in [0.1, 0.15) is 10.4 Å². The molecule has 0 bridgehead atoms. The quantitative estimate of drug-likeness (QED) is 0.456. The van der Waals surface area contributed by atoms with Gasteiger partial charge in [-0.05, 0) is 36.4 Å². The lowest BCUT2D eigenvalue weighted by Crippen LogP contribution is -2.21. The van der Waals surface area contributed by atoms with E-state index in [0.717, 1.165) is 4.47 Å². The van der Waals surface area contributed by atoms with Crippen molar-refractivity contribution in [3.63, 3.8) is 0 Å². The number of amides is 1. The Balaban J connectivity index is 1.99. The van der Waals surface area contributed by atoms with E-state index < -0.39 is 23.4 Å². The molecule has 0 radical (unpaired) electrons. The number of benzene rings is 2. The highest BCUT2D eigenvalue weighted by Gasteiger charge is 2.17. The van der Waals surface area contributed by atoms with Crippen LogP contribution in [0.15, 0.2) is 46.9 Å². The maximum atomic E-state index is 11.8. The maximum Gasteiger partial charge on any atom is 0.338 e. The molecule has 7 nitrogen and oxygen atoms in total. The average Bonchev–Trinajstić information content (AvgIpc) is 2.53. The third kappa shape index (κ3) is 4.77. The van der Waals surface area contributed by atoms with Crippen molar-refractivity contribution in [2.75, 3.05) is 11.9 Å². The number of halogens is 2. The van der Waals surface area contributed by atoms with Crippen LogP contribution in [-0.2, 0) is 9.53 Å². The van der Waals surface area contributed by atoms with E-state index in [-0.39, 0.29) is 22.0 Å². The Morgan fingerprint density at radius 1 is 1.21 bits per heavy atom. The largest absolute Gasteiger partial charge is 0.452 e. The highest BCUT2D eigenvalue weighted by Crippen LogP contribution is 2.27. The van der Waals surface area contributed by atoms with E-state index in [1.165, 1.54) is 30.3 Å². The first-order valence-corrected chi connectivity index (χ1v) is 7.70. The lowest BCUT2D eigenvalue weighted by atomic mass is 10.2. The van der Waals surface area contributed by atoms with Gasteiger partial charge in [0.2, 0.25) is 0 Å². The Hall–Kier alpha value is -2.45. The van der Waals surface area contributed by atoms with Gasteiger partial charge in [-0.15, -0.1) is 0 Å². The van der Waals surface area contributed by atoms with Crippen LogP contribution in [0.2, 0.25) is 5.02 Å². The monoisotopic (exact) mass is 412 g/mol. The Kier molecular flexibility index (Phi) is 5.88. The number of carbonyl (C=O) groups excluding carboxylic acids is 2. The Bertz CT molecular complexity index is 795. The molecule has 0 spiro atoms. The summed E-state index contributed by atoms with van der Waals surface area (Å²) in [6, 6.07) is 10.1. The lowest BCUT2D eigenvalue weighted by molar-refractivity contribution is -0.383. The van der Waals surface area contributed by atoms with Crippen molar-refractivity contribution in [3.8, 4) is 0 Å². The smallest absolute Gasteiger partial charge is 0.338 e. The van der Waals surface area contributed by atoms with Gasteiger partial charge >= 0.3 is 5.97 Å². The van der Waals surface area contributed by atoms with E-state index in [1.807, 2.05) is 0 Å². The SMILES string of the molecule is O=C(COC(=O)c1ccc(Br)cc1)Nc1cc(Cl)ccc1[N+](=O)[O-]. The van der Waals surface area contributed by atoms with Gasteiger partial charge in [0.05, 0.1) is 10.5 Å². The standard InChI is InChI=1S/C15H10BrClN2O5/c16-10-3-1-9(2-4-10)15(21)24-8-14(20)18-12-7-11(17)5-6-13(12)19(22)23/h1-7H,8H2,(H,18,20). The molecule has 1 N–H and O–H groups in total. The van der Waals surface area contributed by atoms with Gasteiger partial charge in [-0.25, -0.2) is 4.79 Å². The number of anilines is 1. The Morgan fingerprint density at radius 3 is 2.50 bits per heavy atom. The van der Waals surface area contributed by atoms with E-state index in [0.29, 0.717) is 0 Å². The first-order chi connectivity index (χ1) is 11.4. The Morgan fingerprint density at radius 2 is 1.88 bits per heavy atom. The van der Waals surface area contributed by atoms with Crippen molar-refractivity contribution in [2.45, 2.75) is 0 Å². The van der Waals surface area contributed by atoms with Crippen molar-refractivity contribution in [3.05, 3.63) is 67.6 Å². The molecule has 2 aromatic rings. The molecule has 0 saturated carbocycles. The van der Waals surface area contributed by atoms with Gasteiger partial charge in [-0.2, -0.15) is 0 Å². The topological polar surface area (TPSA) is 98.5 Å². The number of nitrogens with zero attached hydrogens (tertiary/aromatic N) is 1. The number of rotatable bonds is 5. The summed E-state index contributed by atoms with van der Waals surface area (Å²) in [6.07, 6.45) is 0. The molecule has 2 aromatic carbocycles. The van der Waals surface area contributed by atoms with Crippen molar-refractivity contribution in [1.82, 2.24) is 0 Å². The first kappa shape index (κ1) is 17.9. The van der Waals surface area contributed by atoms with Gasteiger partial charge < -0.3 is 10.1 Å². The molecule has 9 heteroatoms. The average molecular weight is 414 g/mol. The zero-order valence-electron chi connectivity index (χ0n) is 12.0. The van der Waals surface area contributed by atoms with Crippen molar-refractivity contribution >= 4 is 50.8 Å². The molecular weight excluding hydrogens is 404 g/mol. The summed E-state index contributed by atoms with van der Waals surface area (Å²) < 4.78 is 5.66. The van der Waals surface area contributed by atoms with Gasteiger partial charge in [0.25, 0.3) is 11.6 Å². The fourth-order valence-electron chi connectivity index (χ4n) is 1.75. The summed E-state index contributed by atoms with van der Waals surface area (Å²) in [6.45, 7) is -0.585. The highest BCUT2D eigenvalue weighted by molar-refractivity contribution is 9.10. The third-order valence-electron chi connectivity index (χ3n) is 2.84. The van der Waals surface area contributed by atoms with Crippen LogP contribution >= 0.6 is 27.5 Å². The number of hydrogen-bond donors (Lipinski definition) is 1. The van der Waals surface area contributed by atoms with E-state index in [9.17, 15) is 19.7 Å². The van der Waals surface area contributed by atoms with Crippen molar-refractivity contribution < 1.29 is 19.2 Å². The van der Waals surface area contributed by atoms with Crippen LogP contribution in [0.4, 0.5) is 11.4 Å². The highest BCUT2D eigenvalue weighted by atomic mass is 79.9. The predicted molar refractivity (Wildman–Crippen MR) is 91.2 cm³/mol. The Labute approximate surface area is 149 Å². The summed E-state index contributed by atoms with van der Waals surface area (Å²) in [5.41, 5.74) is -0.107. The maximum absolute atomic E-state index is 11.8. The van der Waals surface area contributed by atoms with Crippen LogP contribution < -0.4 is 5.32 Å². The molecule has 2 rings (SSSR count). The van der Waals surface area contributed by atoms with E-state index in [4.69, 9.17) is 16.3 Å². The molecule has 1 amide bonds. The molecule has 0 saturated heterocycles. The molecule has 0 aliphatic carbocycles. The minimum Gasteiger partial charge on any atom is -0.452 e. The van der Waals surface area contributed by atoms with Crippen LogP contribution in [0.3, 0.4) is 0 Å². The molecule has 0 heterocycles. The summed E-state index contributed by atoms with van der Waals surface area (Å²) in [4.78, 5) is 33.9. The van der Waals surface area contributed by atoms with Gasteiger partial charge in [0, 0.05) is 15.6 Å². The number of hydrogen-bond acceptors (Lipinski definition) is 5. The number of ether oxygens (including phenoxy) is 1. The van der Waals surface area contributed by atoms with Crippen molar-refractivity contribution in [1.29, 1.82) is 0 Å². The summed E-state index contributed by atoms with van der Waals surface area (Å²) in [7, 11) is 0. The second-order valence-electron chi connectivity index (χ2n) is 4.55. The van der Waals surface area contributed by atoms with Gasteiger partial charge in [-0.3, -0.25) is 14.9 Å². The molecule has 0 aromatic heterocycles. The van der Waals surface area contributed by atoms with E-state index in [1.54, 1.807) is 12.1 Å². The normalized spacial score (nSPS) is 10.1. The summed E-state index contributed by atoms with van der Waals surface area (Å²) >= 11 is 9.00. The number of nitrogens with one attached hydrogen (secondary N) is 1. The number of nitro groups is 1. The third-order valence-corrected chi connectivity index (χ3v) is 3.61. The summed E-state index contributed by atoms with van der Waals surface area (Å²) in [5.74, 6) is -1.40. The second kappa shape index (κ2) is 7.89. The van der Waals surface area contributed by atoms with Crippen LogP contribution in [0.5, 0.6) is 0 Å². The van der Waals surface area contributed by atoms with Gasteiger partial charge in [-0.1, -0.05) is 27.5 Å². The predicted octanol–water partition coefficient (Wildman–Crippen LogP) is 3.81.